The van der Waals surface area contributed by atoms with E-state index in [0.717, 1.165) is 11.5 Å². The molecule has 12 heteroatoms. The third-order valence-electron chi connectivity index (χ3n) is 6.89. The smallest absolute Gasteiger partial charge is 0.138 e. The number of hydrogen-bond acceptors (Lipinski definition) is 10. The number of ketones is 1. The van der Waals surface area contributed by atoms with E-state index < -0.39 is 12.7 Å². The molecule has 3 aromatic carbocycles. The SMILES string of the molecule is N#Cc1cnc2cc(OC[C@@H](O)CO)c(CC(=O)CC3CSSC3)cc2c1Nc1ccc(OCc2cccc(F)c2)c(Cl)c1. The standard InChI is InChI=1S/C32H29ClFN3O5S2/c33-28-10-24(4-5-30(28)41-15-19-2-1-3-23(34)6-19)37-32-22(12-35)13-36-29-11-31(42-16-26(40)14-38)21(9-27(29)32)8-25(39)7-20-17-43-44-18-20/h1-6,9-11,13,20,26,38,40H,7-8,14-18H2,(H,36,37)/t26-/m0/s1. The molecule has 0 amide bonds. The predicted molar refractivity (Wildman–Crippen MR) is 172 cm³/mol. The Labute approximate surface area is 266 Å². The van der Waals surface area contributed by atoms with Gasteiger partial charge in [-0.05, 0) is 47.9 Å². The molecule has 1 aromatic heterocycles. The molecule has 0 saturated carbocycles. The van der Waals surface area contributed by atoms with Gasteiger partial charge in [-0.2, -0.15) is 5.26 Å². The second-order valence-electron chi connectivity index (χ2n) is 10.3. The number of carbonyl (C=O) groups excluding carboxylic acids is 1. The van der Waals surface area contributed by atoms with Crippen LogP contribution < -0.4 is 14.8 Å². The molecule has 8 nitrogen and oxygen atoms in total. The summed E-state index contributed by atoms with van der Waals surface area (Å²) in [7, 11) is 3.54. The van der Waals surface area contributed by atoms with Gasteiger partial charge in [-0.25, -0.2) is 4.39 Å². The first-order valence-corrected chi connectivity index (χ1v) is 16.7. The van der Waals surface area contributed by atoms with Crippen molar-refractivity contribution in [3.63, 3.8) is 0 Å². The molecule has 1 aliphatic rings. The van der Waals surface area contributed by atoms with Crippen molar-refractivity contribution >= 4 is 61.2 Å². The number of anilines is 2. The zero-order chi connectivity index (χ0) is 31.1. The van der Waals surface area contributed by atoms with Crippen molar-refractivity contribution in [2.75, 3.05) is 30.0 Å². The molecule has 5 rings (SSSR count). The highest BCUT2D eigenvalue weighted by Gasteiger charge is 2.22. The fourth-order valence-corrected chi connectivity index (χ4v) is 7.85. The fraction of sp³-hybridized carbons (Fsp3) is 0.281. The van der Waals surface area contributed by atoms with E-state index in [1.165, 1.54) is 18.3 Å². The Hall–Kier alpha value is -3.53. The summed E-state index contributed by atoms with van der Waals surface area (Å²) in [5.74, 6) is 2.67. The van der Waals surface area contributed by atoms with Crippen molar-refractivity contribution in [3.8, 4) is 17.6 Å². The van der Waals surface area contributed by atoms with Gasteiger partial charge in [0.25, 0.3) is 0 Å². The third kappa shape index (κ3) is 8.14. The molecule has 0 radical (unpaired) electrons. The molecule has 1 fully saturated rings. The lowest BCUT2D eigenvalue weighted by Crippen LogP contribution is -2.22. The monoisotopic (exact) mass is 653 g/mol. The number of Topliss-reactive ketones (excluding diaryl/α,β-unsaturated/α-hetero) is 1. The summed E-state index contributed by atoms with van der Waals surface area (Å²) in [6, 6.07) is 16.8. The molecule has 3 N–H and O–H groups in total. The minimum absolute atomic E-state index is 0.0597. The number of carbonyl (C=O) groups is 1. The van der Waals surface area contributed by atoms with Crippen molar-refractivity contribution < 1.29 is 28.9 Å². The second-order valence-corrected chi connectivity index (χ2v) is 13.3. The van der Waals surface area contributed by atoms with Crippen LogP contribution in [-0.2, 0) is 17.8 Å². The Kier molecular flexibility index (Phi) is 10.8. The first-order valence-electron chi connectivity index (χ1n) is 13.8. The van der Waals surface area contributed by atoms with E-state index in [2.05, 4.69) is 16.4 Å². The Balaban J connectivity index is 1.43. The van der Waals surface area contributed by atoms with Gasteiger partial charge in [-0.1, -0.05) is 45.3 Å². The largest absolute Gasteiger partial charge is 0.490 e. The second kappa shape index (κ2) is 15.0. The number of hydrogen-bond donors (Lipinski definition) is 3. The zero-order valence-corrected chi connectivity index (χ0v) is 25.9. The Morgan fingerprint density at radius 1 is 1.16 bits per heavy atom. The molecule has 0 bridgehead atoms. The molecular weight excluding hydrogens is 625 g/mol. The van der Waals surface area contributed by atoms with Gasteiger partial charge in [0, 0.05) is 53.2 Å². The fourth-order valence-electron chi connectivity index (χ4n) is 4.68. The molecule has 0 spiro atoms. The number of aromatic nitrogens is 1. The summed E-state index contributed by atoms with van der Waals surface area (Å²) in [5.41, 5.74) is 3.08. The molecule has 44 heavy (non-hydrogen) atoms. The van der Waals surface area contributed by atoms with Crippen LogP contribution in [0.5, 0.6) is 11.5 Å². The van der Waals surface area contributed by atoms with Crippen LogP contribution in [-0.4, -0.2) is 51.8 Å². The summed E-state index contributed by atoms with van der Waals surface area (Å²) in [6.07, 6.45) is 0.907. The van der Waals surface area contributed by atoms with Gasteiger partial charge < -0.3 is 25.0 Å². The van der Waals surface area contributed by atoms with E-state index in [4.69, 9.17) is 21.1 Å². The number of nitriles is 1. The maximum atomic E-state index is 13.5. The number of benzene rings is 3. The number of aliphatic hydroxyl groups excluding tert-OH is 2. The lowest BCUT2D eigenvalue weighted by atomic mass is 9.98. The number of nitrogens with zero attached hydrogens (tertiary/aromatic N) is 2. The number of nitrogens with one attached hydrogen (secondary N) is 1. The molecule has 1 aliphatic heterocycles. The van der Waals surface area contributed by atoms with Crippen molar-refractivity contribution in [1.29, 1.82) is 5.26 Å². The number of halogens is 2. The Bertz CT molecular complexity index is 1700. The van der Waals surface area contributed by atoms with Gasteiger partial charge in [-0.15, -0.1) is 0 Å². The maximum absolute atomic E-state index is 13.5. The number of rotatable bonds is 13. The number of pyridine rings is 1. The third-order valence-corrected chi connectivity index (χ3v) is 9.89. The molecule has 2 heterocycles. The Morgan fingerprint density at radius 3 is 2.70 bits per heavy atom. The quantitative estimate of drug-likeness (QED) is 0.138. The van der Waals surface area contributed by atoms with E-state index in [1.54, 1.807) is 64.1 Å². The normalized spacial score (nSPS) is 13.9. The first-order chi connectivity index (χ1) is 21.3. The van der Waals surface area contributed by atoms with Gasteiger partial charge >= 0.3 is 0 Å². The highest BCUT2D eigenvalue weighted by atomic mass is 35.5. The van der Waals surface area contributed by atoms with Crippen LogP contribution in [0.2, 0.25) is 5.02 Å². The average molecular weight is 654 g/mol. The van der Waals surface area contributed by atoms with Crippen LogP contribution in [0.15, 0.2) is 60.8 Å². The van der Waals surface area contributed by atoms with Crippen LogP contribution in [0.4, 0.5) is 15.8 Å². The van der Waals surface area contributed by atoms with E-state index >= 15 is 0 Å². The maximum Gasteiger partial charge on any atom is 0.138 e. The van der Waals surface area contributed by atoms with E-state index in [-0.39, 0.29) is 36.8 Å². The van der Waals surface area contributed by atoms with E-state index in [9.17, 15) is 24.7 Å². The molecule has 4 aromatic rings. The van der Waals surface area contributed by atoms with Crippen LogP contribution >= 0.6 is 33.2 Å². The summed E-state index contributed by atoms with van der Waals surface area (Å²) in [4.78, 5) is 17.5. The van der Waals surface area contributed by atoms with Crippen LogP contribution in [0.3, 0.4) is 0 Å². The zero-order valence-electron chi connectivity index (χ0n) is 23.5. The van der Waals surface area contributed by atoms with Gasteiger partial charge in [0.15, 0.2) is 0 Å². The van der Waals surface area contributed by atoms with Crippen molar-refractivity contribution in [1.82, 2.24) is 4.98 Å². The topological polar surface area (TPSA) is 125 Å². The summed E-state index contributed by atoms with van der Waals surface area (Å²) in [5, 5.41) is 33.2. The predicted octanol–water partition coefficient (Wildman–Crippen LogP) is 6.47. The summed E-state index contributed by atoms with van der Waals surface area (Å²) < 4.78 is 25.1. The van der Waals surface area contributed by atoms with E-state index in [0.29, 0.717) is 62.3 Å². The van der Waals surface area contributed by atoms with Crippen molar-refractivity contribution in [3.05, 3.63) is 88.3 Å². The first kappa shape index (κ1) is 31.9. The van der Waals surface area contributed by atoms with Crippen LogP contribution in [0, 0.1) is 23.1 Å². The van der Waals surface area contributed by atoms with E-state index in [1.807, 2.05) is 0 Å². The molecule has 1 saturated heterocycles. The molecule has 0 aliphatic carbocycles. The van der Waals surface area contributed by atoms with Gasteiger partial charge in [0.05, 0.1) is 28.4 Å². The average Bonchev–Trinajstić information content (AvgIpc) is 3.52. The highest BCUT2D eigenvalue weighted by molar-refractivity contribution is 8.77. The molecular formula is C32H29ClFN3O5S2. The number of fused-ring (bicyclic) bond motifs is 1. The molecule has 1 atom stereocenters. The van der Waals surface area contributed by atoms with Crippen LogP contribution in [0.25, 0.3) is 10.9 Å². The van der Waals surface area contributed by atoms with Gasteiger partial charge in [-0.3, -0.25) is 9.78 Å². The minimum atomic E-state index is -1.08. The number of aliphatic hydroxyl groups is 2. The Morgan fingerprint density at radius 2 is 1.98 bits per heavy atom. The number of ether oxygens (including phenoxy) is 2. The molecule has 0 unspecified atom stereocenters. The van der Waals surface area contributed by atoms with Crippen molar-refractivity contribution in [2.45, 2.75) is 25.6 Å². The van der Waals surface area contributed by atoms with Crippen molar-refractivity contribution in [2.24, 2.45) is 5.92 Å². The minimum Gasteiger partial charge on any atom is -0.490 e. The van der Waals surface area contributed by atoms with Gasteiger partial charge in [0.1, 0.15) is 48.5 Å². The highest BCUT2D eigenvalue weighted by Crippen LogP contribution is 2.38. The summed E-state index contributed by atoms with van der Waals surface area (Å²) in [6.45, 7) is -0.488. The van der Waals surface area contributed by atoms with Crippen LogP contribution in [0.1, 0.15) is 23.1 Å². The van der Waals surface area contributed by atoms with Gasteiger partial charge in [0.2, 0.25) is 0 Å². The molecule has 228 valence electrons. The summed E-state index contributed by atoms with van der Waals surface area (Å²) >= 11 is 6.52. The lowest BCUT2D eigenvalue weighted by Gasteiger charge is -2.18. The lowest BCUT2D eigenvalue weighted by molar-refractivity contribution is -0.119.